The standard InChI is InChI=1S/C25H22N4O2S/c1-26-16-7-8-21-20(14-16)18-5-2-4-17(24(18)32-21)19-6-3-9-29-23(30)15-22(27-25(19)29)28-10-12-31-13-11-28/h2-9,14-15,26H,10-13H2,1H3. The second-order valence-corrected chi connectivity index (χ2v) is 8.96. The highest BCUT2D eigenvalue weighted by molar-refractivity contribution is 7.26. The van der Waals surface area contributed by atoms with Crippen LogP contribution in [-0.2, 0) is 4.74 Å². The van der Waals surface area contributed by atoms with E-state index in [2.05, 4.69) is 52.7 Å². The van der Waals surface area contributed by atoms with E-state index in [-0.39, 0.29) is 5.56 Å². The number of thiophene rings is 1. The second kappa shape index (κ2) is 7.62. The van der Waals surface area contributed by atoms with Crippen molar-refractivity contribution in [3.8, 4) is 11.1 Å². The number of benzene rings is 2. The molecule has 4 heterocycles. The zero-order valence-corrected chi connectivity index (χ0v) is 18.5. The van der Waals surface area contributed by atoms with Gasteiger partial charge in [-0.3, -0.25) is 9.20 Å². The lowest BCUT2D eigenvalue weighted by Gasteiger charge is -2.27. The quantitative estimate of drug-likeness (QED) is 0.442. The molecule has 1 saturated heterocycles. The Hall–Kier alpha value is -3.42. The van der Waals surface area contributed by atoms with Crippen molar-refractivity contribution >= 4 is 48.7 Å². The molecule has 5 aromatic rings. The molecule has 0 unspecified atom stereocenters. The average molecular weight is 443 g/mol. The van der Waals surface area contributed by atoms with Crippen LogP contribution in [0, 0.1) is 0 Å². The molecular weight excluding hydrogens is 420 g/mol. The third kappa shape index (κ3) is 3.04. The van der Waals surface area contributed by atoms with Crippen molar-refractivity contribution in [3.63, 3.8) is 0 Å². The van der Waals surface area contributed by atoms with Crippen LogP contribution in [-0.4, -0.2) is 42.7 Å². The largest absolute Gasteiger partial charge is 0.388 e. The molecular formula is C25H22N4O2S. The summed E-state index contributed by atoms with van der Waals surface area (Å²) in [7, 11) is 1.94. The van der Waals surface area contributed by atoms with E-state index in [4.69, 9.17) is 9.72 Å². The molecule has 1 N–H and O–H groups in total. The molecule has 1 aliphatic heterocycles. The molecule has 0 bridgehead atoms. The van der Waals surface area contributed by atoms with Crippen LogP contribution in [0.2, 0.25) is 0 Å². The molecule has 3 aromatic heterocycles. The molecule has 7 heteroatoms. The van der Waals surface area contributed by atoms with Crippen LogP contribution in [0.4, 0.5) is 11.5 Å². The maximum atomic E-state index is 13.0. The van der Waals surface area contributed by atoms with E-state index in [9.17, 15) is 4.79 Å². The van der Waals surface area contributed by atoms with Crippen molar-refractivity contribution in [2.24, 2.45) is 0 Å². The smallest absolute Gasteiger partial charge is 0.259 e. The Morgan fingerprint density at radius 3 is 2.69 bits per heavy atom. The van der Waals surface area contributed by atoms with E-state index in [0.29, 0.717) is 24.7 Å². The average Bonchev–Trinajstić information content (AvgIpc) is 3.22. The predicted molar refractivity (Wildman–Crippen MR) is 132 cm³/mol. The number of fused-ring (bicyclic) bond motifs is 4. The zero-order chi connectivity index (χ0) is 21.7. The van der Waals surface area contributed by atoms with Gasteiger partial charge in [0.05, 0.1) is 13.2 Å². The Bertz CT molecular complexity index is 1530. The maximum Gasteiger partial charge on any atom is 0.259 e. The number of hydrogen-bond donors (Lipinski definition) is 1. The summed E-state index contributed by atoms with van der Waals surface area (Å²) in [5.41, 5.74) is 3.77. The van der Waals surface area contributed by atoms with Gasteiger partial charge in [-0.05, 0) is 30.3 Å². The van der Waals surface area contributed by atoms with E-state index in [1.165, 1.54) is 20.2 Å². The van der Waals surface area contributed by atoms with Crippen LogP contribution in [0.1, 0.15) is 0 Å². The lowest BCUT2D eigenvalue weighted by molar-refractivity contribution is 0.122. The van der Waals surface area contributed by atoms with Crippen molar-refractivity contribution in [1.29, 1.82) is 0 Å². The van der Waals surface area contributed by atoms with Gasteiger partial charge in [0.2, 0.25) is 0 Å². The first-order valence-electron chi connectivity index (χ1n) is 10.7. The molecule has 32 heavy (non-hydrogen) atoms. The number of nitrogens with zero attached hydrogens (tertiary/aromatic N) is 3. The van der Waals surface area contributed by atoms with Gasteiger partial charge in [0.1, 0.15) is 11.5 Å². The normalized spacial score (nSPS) is 14.5. The van der Waals surface area contributed by atoms with Gasteiger partial charge >= 0.3 is 0 Å². The van der Waals surface area contributed by atoms with Crippen LogP contribution in [0.5, 0.6) is 0 Å². The summed E-state index contributed by atoms with van der Waals surface area (Å²) in [4.78, 5) is 20.0. The molecule has 6 nitrogen and oxygen atoms in total. The van der Waals surface area contributed by atoms with E-state index >= 15 is 0 Å². The summed E-state index contributed by atoms with van der Waals surface area (Å²) < 4.78 is 9.56. The Balaban J connectivity index is 1.61. The van der Waals surface area contributed by atoms with Crippen LogP contribution in [0.3, 0.4) is 0 Å². The summed E-state index contributed by atoms with van der Waals surface area (Å²) in [6.07, 6.45) is 1.79. The number of morpholine rings is 1. The lowest BCUT2D eigenvalue weighted by Crippen LogP contribution is -2.37. The van der Waals surface area contributed by atoms with E-state index in [1.54, 1.807) is 28.0 Å². The van der Waals surface area contributed by atoms with Gasteiger partial charge in [-0.25, -0.2) is 4.98 Å². The van der Waals surface area contributed by atoms with Gasteiger partial charge < -0.3 is 15.0 Å². The van der Waals surface area contributed by atoms with Crippen LogP contribution in [0.15, 0.2) is 65.6 Å². The lowest BCUT2D eigenvalue weighted by atomic mass is 10.0. The maximum absolute atomic E-state index is 13.0. The monoisotopic (exact) mass is 442 g/mol. The first-order valence-corrected chi connectivity index (χ1v) is 11.5. The minimum Gasteiger partial charge on any atom is -0.388 e. The summed E-state index contributed by atoms with van der Waals surface area (Å²) >= 11 is 1.78. The number of nitrogens with one attached hydrogen (secondary N) is 1. The minimum atomic E-state index is -0.0690. The van der Waals surface area contributed by atoms with Gasteiger partial charge in [0, 0.05) is 69.4 Å². The van der Waals surface area contributed by atoms with Crippen LogP contribution >= 0.6 is 11.3 Å². The Morgan fingerprint density at radius 2 is 1.84 bits per heavy atom. The molecule has 0 spiro atoms. The Morgan fingerprint density at radius 1 is 1.00 bits per heavy atom. The van der Waals surface area contributed by atoms with Gasteiger partial charge in [0.25, 0.3) is 5.56 Å². The first-order chi connectivity index (χ1) is 15.7. The topological polar surface area (TPSA) is 58.9 Å². The van der Waals surface area contributed by atoms with Crippen molar-refractivity contribution in [1.82, 2.24) is 9.38 Å². The third-order valence-electron chi connectivity index (χ3n) is 6.09. The number of rotatable bonds is 3. The van der Waals surface area contributed by atoms with Gasteiger partial charge in [-0.2, -0.15) is 0 Å². The van der Waals surface area contributed by atoms with Gasteiger partial charge in [0.15, 0.2) is 0 Å². The fraction of sp³-hybridized carbons (Fsp3) is 0.200. The number of ether oxygens (including phenoxy) is 1. The number of aromatic nitrogens is 2. The molecule has 0 saturated carbocycles. The molecule has 0 aliphatic carbocycles. The number of hydrogen-bond acceptors (Lipinski definition) is 6. The molecule has 0 radical (unpaired) electrons. The highest BCUT2D eigenvalue weighted by Crippen LogP contribution is 2.41. The fourth-order valence-electron chi connectivity index (χ4n) is 4.44. The summed E-state index contributed by atoms with van der Waals surface area (Å²) in [5, 5.41) is 5.68. The molecule has 1 fully saturated rings. The Labute approximate surface area is 188 Å². The first kappa shape index (κ1) is 19.3. The van der Waals surface area contributed by atoms with Crippen molar-refractivity contribution in [2.45, 2.75) is 0 Å². The van der Waals surface area contributed by atoms with Gasteiger partial charge in [-0.15, -0.1) is 11.3 Å². The molecule has 160 valence electrons. The Kier molecular flexibility index (Phi) is 4.59. The predicted octanol–water partition coefficient (Wildman–Crippen LogP) is 4.61. The van der Waals surface area contributed by atoms with Crippen molar-refractivity contribution in [3.05, 3.63) is 71.1 Å². The van der Waals surface area contributed by atoms with E-state index in [0.717, 1.165) is 29.9 Å². The zero-order valence-electron chi connectivity index (χ0n) is 17.7. The third-order valence-corrected chi connectivity index (χ3v) is 7.31. The SMILES string of the molecule is CNc1ccc2sc3c(-c4cccn5c(=O)cc(N6CCOCC6)nc45)cccc3c2c1. The molecule has 2 aromatic carbocycles. The van der Waals surface area contributed by atoms with Gasteiger partial charge in [-0.1, -0.05) is 18.2 Å². The number of pyridine rings is 1. The van der Waals surface area contributed by atoms with E-state index < -0.39 is 0 Å². The fourth-order valence-corrected chi connectivity index (χ4v) is 5.65. The molecule has 1 aliphatic rings. The molecule has 0 atom stereocenters. The van der Waals surface area contributed by atoms with Crippen LogP contribution in [0.25, 0.3) is 36.9 Å². The highest BCUT2D eigenvalue weighted by atomic mass is 32.1. The highest BCUT2D eigenvalue weighted by Gasteiger charge is 2.18. The number of anilines is 2. The molecule has 0 amide bonds. The van der Waals surface area contributed by atoms with Crippen LogP contribution < -0.4 is 15.8 Å². The summed E-state index contributed by atoms with van der Waals surface area (Å²) in [5.74, 6) is 0.716. The summed E-state index contributed by atoms with van der Waals surface area (Å²) in [6.45, 7) is 2.78. The van der Waals surface area contributed by atoms with Crippen molar-refractivity contribution in [2.75, 3.05) is 43.6 Å². The summed E-state index contributed by atoms with van der Waals surface area (Å²) in [6, 6.07) is 18.4. The second-order valence-electron chi connectivity index (χ2n) is 7.91. The van der Waals surface area contributed by atoms with Crippen molar-refractivity contribution < 1.29 is 4.74 Å². The minimum absolute atomic E-state index is 0.0690. The molecule has 6 rings (SSSR count). The van der Waals surface area contributed by atoms with E-state index in [1.807, 2.05) is 13.1 Å².